The van der Waals surface area contributed by atoms with Gasteiger partial charge in [-0.1, -0.05) is 16.8 Å². The lowest BCUT2D eigenvalue weighted by Crippen LogP contribution is -2.84. The normalized spacial score (nSPS) is 24.4. The van der Waals surface area contributed by atoms with Crippen molar-refractivity contribution in [1.82, 2.24) is 15.8 Å². The fourth-order valence-corrected chi connectivity index (χ4v) is 4.04. The summed E-state index contributed by atoms with van der Waals surface area (Å²) < 4.78 is 60.7. The number of nitrogens with one attached hydrogen (secondary N) is 2. The molecule has 1 aromatic carbocycles. The predicted octanol–water partition coefficient (Wildman–Crippen LogP) is 3.09. The van der Waals surface area contributed by atoms with Gasteiger partial charge in [-0.05, 0) is 31.4 Å². The Balaban J connectivity index is 1.24. The van der Waals surface area contributed by atoms with E-state index in [0.29, 0.717) is 25.3 Å². The summed E-state index contributed by atoms with van der Waals surface area (Å²) in [5.41, 5.74) is -2.39. The summed E-state index contributed by atoms with van der Waals surface area (Å²) in [5.74, 6) is -2.27. The third-order valence-corrected chi connectivity index (χ3v) is 5.41. The van der Waals surface area contributed by atoms with Crippen molar-refractivity contribution in [3.8, 4) is 5.75 Å². The van der Waals surface area contributed by atoms with E-state index < -0.39 is 46.3 Å². The summed E-state index contributed by atoms with van der Waals surface area (Å²) in [6.07, 6.45) is -3.43. The smallest absolute Gasteiger partial charge is 0.436 e. The molecule has 1 aromatic heterocycles. The van der Waals surface area contributed by atoms with Crippen molar-refractivity contribution in [2.24, 2.45) is 0 Å². The van der Waals surface area contributed by atoms with Crippen LogP contribution in [0.4, 0.5) is 17.6 Å². The molecule has 2 amide bonds. The van der Waals surface area contributed by atoms with Crippen LogP contribution in [-0.2, 0) is 11.0 Å². The second-order valence-electron chi connectivity index (χ2n) is 7.53. The van der Waals surface area contributed by atoms with Gasteiger partial charge in [0.25, 0.3) is 11.8 Å². The molecule has 2 N–H and O–H groups in total. The maximum Gasteiger partial charge on any atom is 0.436 e. The fraction of sp³-hybridized carbons (Fsp3) is 0.389. The molecule has 12 heteroatoms. The van der Waals surface area contributed by atoms with Crippen LogP contribution in [0, 0.1) is 5.82 Å². The monoisotopic (exact) mass is 447 g/mol. The Morgan fingerprint density at radius 2 is 1.83 bits per heavy atom. The van der Waals surface area contributed by atoms with E-state index in [1.165, 1.54) is 12.1 Å². The number of amides is 2. The van der Waals surface area contributed by atoms with Crippen LogP contribution in [-0.4, -0.2) is 34.7 Å². The van der Waals surface area contributed by atoms with Crippen molar-refractivity contribution in [2.75, 3.05) is 6.61 Å². The van der Waals surface area contributed by atoms with Gasteiger partial charge in [0.15, 0.2) is 12.3 Å². The molecule has 0 unspecified atom stereocenters. The van der Waals surface area contributed by atoms with Crippen LogP contribution in [0.1, 0.15) is 35.5 Å². The fourth-order valence-electron chi connectivity index (χ4n) is 3.92. The number of nitrogens with zero attached hydrogens (tertiary/aromatic N) is 1. The molecule has 3 aliphatic carbocycles. The minimum Gasteiger partial charge on any atom is -0.484 e. The summed E-state index contributed by atoms with van der Waals surface area (Å²) in [7, 11) is 0. The van der Waals surface area contributed by atoms with Crippen LogP contribution in [0.3, 0.4) is 0 Å². The Hall–Kier alpha value is -2.82. The van der Waals surface area contributed by atoms with Gasteiger partial charge in [0.1, 0.15) is 11.6 Å². The van der Waals surface area contributed by atoms with Crippen LogP contribution in [0.2, 0.25) is 5.02 Å². The molecule has 3 saturated carbocycles. The van der Waals surface area contributed by atoms with Gasteiger partial charge in [-0.3, -0.25) is 9.59 Å². The van der Waals surface area contributed by atoms with Gasteiger partial charge in [-0.25, -0.2) is 4.39 Å². The number of aromatic nitrogens is 1. The molecule has 5 rings (SSSR count). The zero-order valence-corrected chi connectivity index (χ0v) is 15.9. The van der Waals surface area contributed by atoms with Crippen molar-refractivity contribution in [3.05, 3.63) is 46.6 Å². The molecule has 0 radical (unpaired) electrons. The van der Waals surface area contributed by atoms with Gasteiger partial charge < -0.3 is 19.9 Å². The molecule has 1 heterocycles. The zero-order chi connectivity index (χ0) is 21.7. The Bertz CT molecular complexity index is 1000. The summed E-state index contributed by atoms with van der Waals surface area (Å²) >= 11 is 5.57. The Morgan fingerprint density at radius 3 is 2.43 bits per heavy atom. The van der Waals surface area contributed by atoms with Crippen molar-refractivity contribution in [1.29, 1.82) is 0 Å². The van der Waals surface area contributed by atoms with Crippen molar-refractivity contribution in [2.45, 2.75) is 36.5 Å². The second kappa shape index (κ2) is 6.86. The van der Waals surface area contributed by atoms with Crippen LogP contribution in [0.15, 0.2) is 28.8 Å². The zero-order valence-electron chi connectivity index (χ0n) is 15.1. The number of carbonyl (C=O) groups is 2. The lowest BCUT2D eigenvalue weighted by molar-refractivity contribution is -0.143. The molecule has 2 aromatic rings. The van der Waals surface area contributed by atoms with Gasteiger partial charge in [-0.15, -0.1) is 0 Å². The maximum atomic E-state index is 13.4. The maximum absolute atomic E-state index is 13.4. The number of hydrogen-bond donors (Lipinski definition) is 2. The molecule has 2 bridgehead atoms. The molecule has 3 fully saturated rings. The highest BCUT2D eigenvalue weighted by molar-refractivity contribution is 6.30. The highest BCUT2D eigenvalue weighted by Crippen LogP contribution is 2.60. The van der Waals surface area contributed by atoms with Gasteiger partial charge >= 0.3 is 6.18 Å². The van der Waals surface area contributed by atoms with E-state index in [2.05, 4.69) is 20.3 Å². The molecular formula is C18H14ClF4N3O4. The number of ether oxygens (including phenoxy) is 1. The van der Waals surface area contributed by atoms with Crippen LogP contribution in [0.5, 0.6) is 5.75 Å². The van der Waals surface area contributed by atoms with E-state index in [1.807, 2.05) is 0 Å². The molecule has 160 valence electrons. The molecule has 30 heavy (non-hydrogen) atoms. The summed E-state index contributed by atoms with van der Waals surface area (Å²) in [4.78, 5) is 24.2. The average molecular weight is 448 g/mol. The van der Waals surface area contributed by atoms with Gasteiger partial charge in [0.05, 0.1) is 5.02 Å². The number of halogens is 5. The number of alkyl halides is 3. The van der Waals surface area contributed by atoms with E-state index in [-0.39, 0.29) is 17.4 Å². The van der Waals surface area contributed by atoms with Gasteiger partial charge in [0.2, 0.25) is 5.76 Å². The molecular weight excluding hydrogens is 434 g/mol. The van der Waals surface area contributed by atoms with E-state index in [1.54, 1.807) is 0 Å². The average Bonchev–Trinajstić information content (AvgIpc) is 3.10. The molecule has 7 nitrogen and oxygen atoms in total. The topological polar surface area (TPSA) is 93.5 Å². The highest BCUT2D eigenvalue weighted by atomic mass is 35.5. The number of benzene rings is 1. The first kappa shape index (κ1) is 20.5. The standard InChI is InChI=1S/C18H14ClF4N3O4/c19-10-2-1-9(3-11(10)20)29-5-14(27)24-16-6-17(7-16,8-16)25-15(28)12-4-13(26-30-12)18(21,22)23/h1-4H,5-8H2,(H,24,27)(H,25,28). The minimum absolute atomic E-state index is 0.0621. The summed E-state index contributed by atoms with van der Waals surface area (Å²) in [6.45, 7) is -0.333. The first-order valence-electron chi connectivity index (χ1n) is 8.75. The van der Waals surface area contributed by atoms with Gasteiger partial charge in [-0.2, -0.15) is 13.2 Å². The van der Waals surface area contributed by atoms with E-state index >= 15 is 0 Å². The summed E-state index contributed by atoms with van der Waals surface area (Å²) in [5, 5.41) is 8.21. The number of rotatable bonds is 6. The molecule has 0 aliphatic heterocycles. The second-order valence-corrected chi connectivity index (χ2v) is 7.94. The number of carbonyl (C=O) groups excluding carboxylic acids is 2. The lowest BCUT2D eigenvalue weighted by atomic mass is 9.44. The largest absolute Gasteiger partial charge is 0.484 e. The Labute approximate surface area is 171 Å². The van der Waals surface area contributed by atoms with Crippen LogP contribution < -0.4 is 15.4 Å². The molecule has 3 aliphatic rings. The minimum atomic E-state index is -4.70. The predicted molar refractivity (Wildman–Crippen MR) is 93.3 cm³/mol. The van der Waals surface area contributed by atoms with E-state index in [0.717, 1.165) is 6.07 Å². The van der Waals surface area contributed by atoms with Crippen LogP contribution in [0.25, 0.3) is 0 Å². The quantitative estimate of drug-likeness (QED) is 0.664. The summed E-state index contributed by atoms with van der Waals surface area (Å²) in [6, 6.07) is 4.34. The molecule has 0 atom stereocenters. The lowest BCUT2D eigenvalue weighted by Gasteiger charge is -2.70. The van der Waals surface area contributed by atoms with Crippen LogP contribution >= 0.6 is 11.6 Å². The number of hydrogen-bond acceptors (Lipinski definition) is 5. The first-order valence-corrected chi connectivity index (χ1v) is 9.12. The third-order valence-electron chi connectivity index (χ3n) is 5.10. The van der Waals surface area contributed by atoms with Crippen molar-refractivity contribution >= 4 is 23.4 Å². The van der Waals surface area contributed by atoms with Crippen molar-refractivity contribution < 1.29 is 36.4 Å². The molecule has 0 spiro atoms. The highest BCUT2D eigenvalue weighted by Gasteiger charge is 2.69. The van der Waals surface area contributed by atoms with E-state index in [4.69, 9.17) is 16.3 Å². The Morgan fingerprint density at radius 1 is 1.17 bits per heavy atom. The molecule has 0 saturated heterocycles. The van der Waals surface area contributed by atoms with E-state index in [9.17, 15) is 27.2 Å². The third kappa shape index (κ3) is 3.81. The van der Waals surface area contributed by atoms with Crippen molar-refractivity contribution in [3.63, 3.8) is 0 Å². The SMILES string of the molecule is O=C(COc1ccc(Cl)c(F)c1)NC12CC(NC(=O)c3cc(C(F)(F)F)no3)(C1)C2. The first-order chi connectivity index (χ1) is 14.0. The van der Waals surface area contributed by atoms with Gasteiger partial charge in [0, 0.05) is 23.2 Å². The Kier molecular flexibility index (Phi) is 4.68.